The molecule has 0 bridgehead atoms. The Morgan fingerprint density at radius 1 is 1.16 bits per heavy atom. The Morgan fingerprint density at radius 2 is 1.96 bits per heavy atom. The summed E-state index contributed by atoms with van der Waals surface area (Å²) in [4.78, 5) is 25.9. The molecule has 0 radical (unpaired) electrons. The number of hydrogen-bond donors (Lipinski definition) is 1. The molecule has 2 aliphatic rings. The summed E-state index contributed by atoms with van der Waals surface area (Å²) in [6, 6.07) is 16.1. The Bertz CT molecular complexity index is 816. The first-order chi connectivity index (χ1) is 12.1. The molecule has 2 atom stereocenters. The van der Waals surface area contributed by atoms with Crippen LogP contribution in [0.5, 0.6) is 0 Å². The van der Waals surface area contributed by atoms with Crippen molar-refractivity contribution >= 4 is 17.5 Å². The quantitative estimate of drug-likeness (QED) is 0.934. The zero-order valence-electron chi connectivity index (χ0n) is 14.4. The third-order valence-electron chi connectivity index (χ3n) is 5.36. The van der Waals surface area contributed by atoms with Crippen molar-refractivity contribution in [2.45, 2.75) is 25.2 Å². The maximum atomic E-state index is 12.5. The van der Waals surface area contributed by atoms with Gasteiger partial charge in [0.25, 0.3) is 5.91 Å². The average Bonchev–Trinajstić information content (AvgIpc) is 3.43. The average molecular weight is 334 g/mol. The van der Waals surface area contributed by atoms with Gasteiger partial charge in [0.1, 0.15) is 0 Å². The van der Waals surface area contributed by atoms with Gasteiger partial charge in [0.15, 0.2) is 0 Å². The third kappa shape index (κ3) is 3.16. The van der Waals surface area contributed by atoms with Gasteiger partial charge in [0.05, 0.1) is 0 Å². The molecule has 4 rings (SSSR count). The van der Waals surface area contributed by atoms with Gasteiger partial charge in [-0.2, -0.15) is 0 Å². The lowest BCUT2D eigenvalue weighted by molar-refractivity contribution is -0.118. The number of anilines is 1. The van der Waals surface area contributed by atoms with E-state index in [2.05, 4.69) is 29.6 Å². The van der Waals surface area contributed by atoms with Gasteiger partial charge in [-0.25, -0.2) is 0 Å². The second-order valence-corrected chi connectivity index (χ2v) is 7.02. The van der Waals surface area contributed by atoms with E-state index in [0.29, 0.717) is 36.8 Å². The Kier molecular flexibility index (Phi) is 4.04. The molecule has 0 aromatic heterocycles. The number of rotatable bonds is 4. The van der Waals surface area contributed by atoms with Gasteiger partial charge < -0.3 is 10.2 Å². The van der Waals surface area contributed by atoms with Crippen LogP contribution in [0.25, 0.3) is 0 Å². The molecular weight excluding hydrogens is 312 g/mol. The van der Waals surface area contributed by atoms with E-state index >= 15 is 0 Å². The standard InChI is InChI=1S/C21H22N2O2/c1-23-19-9-7-16(11-15(19)8-10-20(23)24)21(25)22-13-17-12-18(17)14-5-3-2-4-6-14/h2-7,9,11,17-18H,8,10,12-13H2,1H3,(H,22,25)/t17-,18-/m0/s1. The Hall–Kier alpha value is -2.62. The fourth-order valence-electron chi connectivity index (χ4n) is 3.71. The minimum absolute atomic E-state index is 0.0268. The maximum absolute atomic E-state index is 12.5. The van der Waals surface area contributed by atoms with E-state index in [-0.39, 0.29) is 11.8 Å². The lowest BCUT2D eigenvalue weighted by Gasteiger charge is -2.26. The number of fused-ring (bicyclic) bond motifs is 1. The highest BCUT2D eigenvalue weighted by Gasteiger charge is 2.38. The summed E-state index contributed by atoms with van der Waals surface area (Å²) in [6.45, 7) is 0.716. The molecule has 25 heavy (non-hydrogen) atoms. The fraction of sp³-hybridized carbons (Fsp3) is 0.333. The van der Waals surface area contributed by atoms with Crippen LogP contribution in [0.3, 0.4) is 0 Å². The first-order valence-electron chi connectivity index (χ1n) is 8.86. The van der Waals surface area contributed by atoms with E-state index in [1.165, 1.54) is 5.56 Å². The van der Waals surface area contributed by atoms with Crippen molar-refractivity contribution in [3.8, 4) is 0 Å². The highest BCUT2D eigenvalue weighted by molar-refractivity contribution is 5.98. The molecule has 4 heteroatoms. The molecule has 4 nitrogen and oxygen atoms in total. The molecule has 1 fully saturated rings. The van der Waals surface area contributed by atoms with Crippen LogP contribution in [0.2, 0.25) is 0 Å². The van der Waals surface area contributed by atoms with Crippen molar-refractivity contribution in [2.75, 3.05) is 18.5 Å². The summed E-state index contributed by atoms with van der Waals surface area (Å²) in [5.41, 5.74) is 4.03. The number of carbonyl (C=O) groups is 2. The van der Waals surface area contributed by atoms with Crippen molar-refractivity contribution in [3.05, 3.63) is 65.2 Å². The lowest BCUT2D eigenvalue weighted by atomic mass is 9.99. The topological polar surface area (TPSA) is 49.4 Å². The molecule has 2 aromatic carbocycles. The smallest absolute Gasteiger partial charge is 0.251 e. The van der Waals surface area contributed by atoms with Crippen LogP contribution in [-0.2, 0) is 11.2 Å². The molecular formula is C21H22N2O2. The summed E-state index contributed by atoms with van der Waals surface area (Å²) in [6.07, 6.45) is 2.36. The Labute approximate surface area is 147 Å². The largest absolute Gasteiger partial charge is 0.352 e. The molecule has 0 spiro atoms. The van der Waals surface area contributed by atoms with Gasteiger partial charge >= 0.3 is 0 Å². The van der Waals surface area contributed by atoms with E-state index in [1.807, 2.05) is 24.3 Å². The van der Waals surface area contributed by atoms with Gasteiger partial charge in [0, 0.05) is 31.3 Å². The third-order valence-corrected chi connectivity index (χ3v) is 5.36. The van der Waals surface area contributed by atoms with Crippen LogP contribution < -0.4 is 10.2 Å². The molecule has 1 heterocycles. The Balaban J connectivity index is 1.37. The van der Waals surface area contributed by atoms with Gasteiger partial charge in [0.2, 0.25) is 5.91 Å². The summed E-state index contributed by atoms with van der Waals surface area (Å²) >= 11 is 0. The van der Waals surface area contributed by atoms with Crippen molar-refractivity contribution in [1.29, 1.82) is 0 Å². The minimum atomic E-state index is -0.0268. The zero-order chi connectivity index (χ0) is 17.4. The number of carbonyl (C=O) groups excluding carboxylic acids is 2. The number of amides is 2. The van der Waals surface area contributed by atoms with E-state index in [9.17, 15) is 9.59 Å². The number of hydrogen-bond acceptors (Lipinski definition) is 2. The number of nitrogens with zero attached hydrogens (tertiary/aromatic N) is 1. The molecule has 2 amide bonds. The van der Waals surface area contributed by atoms with Gasteiger partial charge in [-0.3, -0.25) is 9.59 Å². The number of nitrogens with one attached hydrogen (secondary N) is 1. The van der Waals surface area contributed by atoms with Crippen LogP contribution in [0.1, 0.15) is 40.2 Å². The van der Waals surface area contributed by atoms with Crippen LogP contribution in [0.4, 0.5) is 5.69 Å². The molecule has 1 N–H and O–H groups in total. The van der Waals surface area contributed by atoms with E-state index in [4.69, 9.17) is 0 Å². The van der Waals surface area contributed by atoms with Crippen molar-refractivity contribution < 1.29 is 9.59 Å². The molecule has 1 saturated carbocycles. The van der Waals surface area contributed by atoms with E-state index in [0.717, 1.165) is 17.7 Å². The van der Waals surface area contributed by atoms with E-state index in [1.54, 1.807) is 11.9 Å². The highest BCUT2D eigenvalue weighted by atomic mass is 16.2. The van der Waals surface area contributed by atoms with E-state index < -0.39 is 0 Å². The highest BCUT2D eigenvalue weighted by Crippen LogP contribution is 2.46. The summed E-state index contributed by atoms with van der Waals surface area (Å²) in [5.74, 6) is 1.21. The van der Waals surface area contributed by atoms with Crippen molar-refractivity contribution in [2.24, 2.45) is 5.92 Å². The molecule has 1 aliphatic heterocycles. The molecule has 128 valence electrons. The minimum Gasteiger partial charge on any atom is -0.352 e. The van der Waals surface area contributed by atoms with Crippen molar-refractivity contribution in [3.63, 3.8) is 0 Å². The second kappa shape index (κ2) is 6.36. The second-order valence-electron chi connectivity index (χ2n) is 7.02. The fourth-order valence-corrected chi connectivity index (χ4v) is 3.71. The van der Waals surface area contributed by atoms with Crippen LogP contribution in [-0.4, -0.2) is 25.4 Å². The summed E-state index contributed by atoms with van der Waals surface area (Å²) < 4.78 is 0. The van der Waals surface area contributed by atoms with Crippen LogP contribution in [0, 0.1) is 5.92 Å². The Morgan fingerprint density at radius 3 is 2.76 bits per heavy atom. The van der Waals surface area contributed by atoms with Gasteiger partial charge in [-0.05, 0) is 54.0 Å². The zero-order valence-corrected chi connectivity index (χ0v) is 14.4. The first-order valence-corrected chi connectivity index (χ1v) is 8.86. The molecule has 2 aromatic rings. The lowest BCUT2D eigenvalue weighted by Crippen LogP contribution is -2.31. The maximum Gasteiger partial charge on any atom is 0.251 e. The van der Waals surface area contributed by atoms with Gasteiger partial charge in [-0.15, -0.1) is 0 Å². The molecule has 0 unspecified atom stereocenters. The predicted octanol–water partition coefficient (Wildman–Crippen LogP) is 3.13. The normalized spacial score (nSPS) is 21.6. The SMILES string of the molecule is CN1C(=O)CCc2cc(C(=O)NC[C@@H]3C[C@H]3c3ccccc3)ccc21. The van der Waals surface area contributed by atoms with Crippen molar-refractivity contribution in [1.82, 2.24) is 5.32 Å². The first kappa shape index (κ1) is 15.9. The van der Waals surface area contributed by atoms with Crippen LogP contribution >= 0.6 is 0 Å². The summed E-state index contributed by atoms with van der Waals surface area (Å²) in [5, 5.41) is 3.07. The summed E-state index contributed by atoms with van der Waals surface area (Å²) in [7, 11) is 1.79. The monoisotopic (exact) mass is 334 g/mol. The molecule has 1 aliphatic carbocycles. The number of benzene rings is 2. The predicted molar refractivity (Wildman–Crippen MR) is 97.8 cm³/mol. The molecule has 0 saturated heterocycles. The van der Waals surface area contributed by atoms with Crippen LogP contribution in [0.15, 0.2) is 48.5 Å². The number of aryl methyl sites for hydroxylation is 1. The van der Waals surface area contributed by atoms with Gasteiger partial charge in [-0.1, -0.05) is 30.3 Å².